The maximum Gasteiger partial charge on any atom is 0.228 e. The number of nitrogens with one attached hydrogen (secondary N) is 1. The van der Waals surface area contributed by atoms with Crippen LogP contribution in [-0.4, -0.2) is 30.3 Å². The van der Waals surface area contributed by atoms with Crippen LogP contribution in [0.25, 0.3) is 0 Å². The van der Waals surface area contributed by atoms with E-state index < -0.39 is 0 Å². The maximum absolute atomic E-state index is 5.80. The van der Waals surface area contributed by atoms with E-state index in [1.54, 1.807) is 7.11 Å². The standard InChI is InChI=1S/C15H27N3O2/c1-5-16-11-6-12-17-13(18-20-12)15(19-4)9-7-14(2,3)8-10-15/h16H,5-11H2,1-4H3. The highest BCUT2D eigenvalue weighted by atomic mass is 16.5. The molecule has 2 rings (SSSR count). The lowest BCUT2D eigenvalue weighted by Crippen LogP contribution is -2.37. The molecule has 0 spiro atoms. The summed E-state index contributed by atoms with van der Waals surface area (Å²) in [7, 11) is 1.76. The molecule has 5 nitrogen and oxygen atoms in total. The lowest BCUT2D eigenvalue weighted by atomic mass is 9.70. The third-order valence-electron chi connectivity index (χ3n) is 4.44. The smallest absolute Gasteiger partial charge is 0.228 e. The van der Waals surface area contributed by atoms with Gasteiger partial charge in [-0.2, -0.15) is 4.98 Å². The number of likely N-dealkylation sites (N-methyl/N-ethyl adjacent to an activating group) is 1. The van der Waals surface area contributed by atoms with Crippen molar-refractivity contribution in [2.45, 2.75) is 58.5 Å². The van der Waals surface area contributed by atoms with Gasteiger partial charge in [-0.1, -0.05) is 25.9 Å². The van der Waals surface area contributed by atoms with E-state index in [2.05, 4.69) is 36.2 Å². The number of hydrogen-bond acceptors (Lipinski definition) is 5. The fourth-order valence-electron chi connectivity index (χ4n) is 2.76. The Kier molecular flexibility index (Phi) is 4.81. The molecule has 5 heteroatoms. The zero-order valence-electron chi connectivity index (χ0n) is 13.2. The largest absolute Gasteiger partial charge is 0.370 e. The van der Waals surface area contributed by atoms with E-state index in [9.17, 15) is 0 Å². The molecule has 0 atom stereocenters. The van der Waals surface area contributed by atoms with Crippen LogP contribution in [-0.2, 0) is 16.8 Å². The molecule has 0 unspecified atom stereocenters. The zero-order chi connectivity index (χ0) is 14.6. The third kappa shape index (κ3) is 3.38. The van der Waals surface area contributed by atoms with E-state index in [1.165, 1.54) is 0 Å². The van der Waals surface area contributed by atoms with E-state index in [-0.39, 0.29) is 5.60 Å². The van der Waals surface area contributed by atoms with Gasteiger partial charge in [0.15, 0.2) is 0 Å². The fourth-order valence-corrected chi connectivity index (χ4v) is 2.76. The number of nitrogens with zero attached hydrogens (tertiary/aromatic N) is 2. The molecule has 114 valence electrons. The van der Waals surface area contributed by atoms with Gasteiger partial charge in [-0.25, -0.2) is 0 Å². The fraction of sp³-hybridized carbons (Fsp3) is 0.867. The van der Waals surface area contributed by atoms with Crippen molar-refractivity contribution in [3.05, 3.63) is 11.7 Å². The molecular formula is C15H27N3O2. The summed E-state index contributed by atoms with van der Waals surface area (Å²) in [5.41, 5.74) is 0.0368. The van der Waals surface area contributed by atoms with Crippen molar-refractivity contribution in [3.8, 4) is 0 Å². The Morgan fingerprint density at radius 1 is 1.25 bits per heavy atom. The van der Waals surface area contributed by atoms with Crippen LogP contribution in [0.3, 0.4) is 0 Å². The van der Waals surface area contributed by atoms with Crippen molar-refractivity contribution in [3.63, 3.8) is 0 Å². The SMILES string of the molecule is CCNCCc1nc(C2(OC)CCC(C)(C)CC2)no1. The van der Waals surface area contributed by atoms with Crippen LogP contribution in [0.4, 0.5) is 0 Å². The van der Waals surface area contributed by atoms with Gasteiger partial charge < -0.3 is 14.6 Å². The van der Waals surface area contributed by atoms with Crippen molar-refractivity contribution in [2.24, 2.45) is 5.41 Å². The van der Waals surface area contributed by atoms with E-state index in [0.717, 1.165) is 51.0 Å². The predicted octanol–water partition coefficient (Wildman–Crippen LogP) is 2.66. The Bertz CT molecular complexity index is 419. The first-order valence-electron chi connectivity index (χ1n) is 7.60. The molecule has 0 aliphatic heterocycles. The molecule has 1 fully saturated rings. The van der Waals surface area contributed by atoms with Gasteiger partial charge in [-0.3, -0.25) is 0 Å². The molecule has 1 N–H and O–H groups in total. The summed E-state index contributed by atoms with van der Waals surface area (Å²) in [6.07, 6.45) is 4.95. The van der Waals surface area contributed by atoms with Crippen LogP contribution in [0, 0.1) is 5.41 Å². The monoisotopic (exact) mass is 281 g/mol. The molecule has 1 aromatic heterocycles. The molecule has 0 aromatic carbocycles. The Labute approximate surface area is 121 Å². The van der Waals surface area contributed by atoms with Crippen LogP contribution in [0.1, 0.15) is 58.2 Å². The lowest BCUT2D eigenvalue weighted by molar-refractivity contribution is -0.0740. The van der Waals surface area contributed by atoms with Crippen molar-refractivity contribution in [1.29, 1.82) is 0 Å². The van der Waals surface area contributed by atoms with Gasteiger partial charge in [0.1, 0.15) is 5.60 Å². The summed E-state index contributed by atoms with van der Waals surface area (Å²) in [5, 5.41) is 7.43. The summed E-state index contributed by atoms with van der Waals surface area (Å²) >= 11 is 0. The Morgan fingerprint density at radius 3 is 2.55 bits per heavy atom. The summed E-state index contributed by atoms with van der Waals surface area (Å²) in [6, 6.07) is 0. The highest BCUT2D eigenvalue weighted by molar-refractivity contribution is 5.05. The average molecular weight is 281 g/mol. The summed E-state index contributed by atoms with van der Waals surface area (Å²) in [4.78, 5) is 4.55. The van der Waals surface area contributed by atoms with Gasteiger partial charge in [-0.15, -0.1) is 0 Å². The second-order valence-corrected chi connectivity index (χ2v) is 6.48. The number of hydrogen-bond donors (Lipinski definition) is 1. The van der Waals surface area contributed by atoms with Crippen LogP contribution >= 0.6 is 0 Å². The topological polar surface area (TPSA) is 60.2 Å². The van der Waals surface area contributed by atoms with Gasteiger partial charge in [0.25, 0.3) is 0 Å². The number of methoxy groups -OCH3 is 1. The maximum atomic E-state index is 5.80. The van der Waals surface area contributed by atoms with Gasteiger partial charge in [0, 0.05) is 20.1 Å². The van der Waals surface area contributed by atoms with Crippen LogP contribution in [0.15, 0.2) is 4.52 Å². The average Bonchev–Trinajstić information content (AvgIpc) is 2.89. The molecule has 0 bridgehead atoms. The van der Waals surface area contributed by atoms with Crippen LogP contribution < -0.4 is 5.32 Å². The zero-order valence-corrected chi connectivity index (χ0v) is 13.2. The minimum atomic E-state index is -0.352. The second kappa shape index (κ2) is 6.22. The molecule has 1 saturated carbocycles. The van der Waals surface area contributed by atoms with Gasteiger partial charge in [0.05, 0.1) is 0 Å². The van der Waals surface area contributed by atoms with Crippen molar-refractivity contribution in [1.82, 2.24) is 15.5 Å². The first-order chi connectivity index (χ1) is 9.51. The van der Waals surface area contributed by atoms with E-state index >= 15 is 0 Å². The number of aromatic nitrogens is 2. The Balaban J connectivity index is 2.05. The molecule has 0 saturated heterocycles. The second-order valence-electron chi connectivity index (χ2n) is 6.48. The highest BCUT2D eigenvalue weighted by Crippen LogP contribution is 2.46. The number of ether oxygens (including phenoxy) is 1. The predicted molar refractivity (Wildman–Crippen MR) is 77.5 cm³/mol. The molecule has 1 aliphatic carbocycles. The first-order valence-corrected chi connectivity index (χ1v) is 7.60. The summed E-state index contributed by atoms with van der Waals surface area (Å²) < 4.78 is 11.2. The molecule has 1 aliphatic rings. The molecule has 1 heterocycles. The van der Waals surface area contributed by atoms with Gasteiger partial charge in [-0.05, 0) is 37.6 Å². The summed E-state index contributed by atoms with van der Waals surface area (Å²) in [6.45, 7) is 8.53. The molecular weight excluding hydrogens is 254 g/mol. The first kappa shape index (κ1) is 15.4. The number of rotatable bonds is 6. The van der Waals surface area contributed by atoms with Crippen molar-refractivity contribution < 1.29 is 9.26 Å². The molecule has 1 aromatic rings. The summed E-state index contributed by atoms with van der Waals surface area (Å²) in [5.74, 6) is 1.42. The highest BCUT2D eigenvalue weighted by Gasteiger charge is 2.43. The normalized spacial score (nSPS) is 21.0. The lowest BCUT2D eigenvalue weighted by Gasteiger charge is -2.40. The van der Waals surface area contributed by atoms with Crippen LogP contribution in [0.5, 0.6) is 0 Å². The van der Waals surface area contributed by atoms with Crippen molar-refractivity contribution >= 4 is 0 Å². The van der Waals surface area contributed by atoms with E-state index in [1.807, 2.05) is 0 Å². The minimum Gasteiger partial charge on any atom is -0.370 e. The minimum absolute atomic E-state index is 0.352. The molecule has 0 radical (unpaired) electrons. The quantitative estimate of drug-likeness (QED) is 0.812. The van der Waals surface area contributed by atoms with E-state index in [0.29, 0.717) is 11.3 Å². The molecule has 20 heavy (non-hydrogen) atoms. The van der Waals surface area contributed by atoms with E-state index in [4.69, 9.17) is 9.26 Å². The van der Waals surface area contributed by atoms with Crippen molar-refractivity contribution in [2.75, 3.05) is 20.2 Å². The third-order valence-corrected chi connectivity index (χ3v) is 4.44. The molecule has 0 amide bonds. The van der Waals surface area contributed by atoms with Crippen LogP contribution in [0.2, 0.25) is 0 Å². The van der Waals surface area contributed by atoms with Gasteiger partial charge in [0.2, 0.25) is 11.7 Å². The Morgan fingerprint density at radius 2 is 1.95 bits per heavy atom. The Hall–Kier alpha value is -0.940. The van der Waals surface area contributed by atoms with Gasteiger partial charge >= 0.3 is 0 Å².